The second kappa shape index (κ2) is 7.78. The lowest BCUT2D eigenvalue weighted by molar-refractivity contribution is 0.0677. The van der Waals surface area contributed by atoms with Gasteiger partial charge < -0.3 is 19.4 Å². The largest absolute Gasteiger partial charge is 0.490 e. The molecule has 1 aliphatic heterocycles. The molecule has 6 heteroatoms. The maximum absolute atomic E-state index is 13.3. The van der Waals surface area contributed by atoms with Gasteiger partial charge in [0.25, 0.3) is 5.91 Å². The first-order chi connectivity index (χ1) is 14.0. The van der Waals surface area contributed by atoms with Gasteiger partial charge in [-0.3, -0.25) is 4.79 Å². The number of aromatic amines is 1. The summed E-state index contributed by atoms with van der Waals surface area (Å²) in [4.78, 5) is 22.8. The van der Waals surface area contributed by atoms with E-state index in [4.69, 9.17) is 9.47 Å². The van der Waals surface area contributed by atoms with Gasteiger partial charge in [0, 0.05) is 12.1 Å². The van der Waals surface area contributed by atoms with Crippen LogP contribution in [-0.2, 0) is 6.42 Å². The van der Waals surface area contributed by atoms with E-state index in [1.807, 2.05) is 49.9 Å². The summed E-state index contributed by atoms with van der Waals surface area (Å²) < 4.78 is 11.6. The first-order valence-electron chi connectivity index (χ1n) is 10.2. The number of carbonyl (C=O) groups excluding carboxylic acids is 1. The van der Waals surface area contributed by atoms with Crippen molar-refractivity contribution in [2.45, 2.75) is 40.2 Å². The van der Waals surface area contributed by atoms with Crippen LogP contribution in [0, 0.1) is 6.92 Å². The smallest absolute Gasteiger partial charge is 0.254 e. The van der Waals surface area contributed by atoms with E-state index in [0.29, 0.717) is 25.3 Å². The van der Waals surface area contributed by atoms with Crippen LogP contribution in [0.25, 0.3) is 11.0 Å². The summed E-state index contributed by atoms with van der Waals surface area (Å²) >= 11 is 0. The number of amides is 1. The molecule has 6 nitrogen and oxygen atoms in total. The van der Waals surface area contributed by atoms with Gasteiger partial charge in [0.05, 0.1) is 30.3 Å². The molecule has 2 aromatic carbocycles. The maximum atomic E-state index is 13.3. The van der Waals surface area contributed by atoms with Gasteiger partial charge in [-0.05, 0) is 75.6 Å². The molecule has 1 atom stereocenters. The number of H-pyrrole nitrogens is 1. The Morgan fingerprint density at radius 1 is 1.17 bits per heavy atom. The number of rotatable bonds is 5. The van der Waals surface area contributed by atoms with Crippen LogP contribution in [-0.4, -0.2) is 40.5 Å². The fraction of sp³-hybridized carbons (Fsp3) is 0.391. The van der Waals surface area contributed by atoms with Gasteiger partial charge in [0.1, 0.15) is 5.82 Å². The van der Waals surface area contributed by atoms with Crippen molar-refractivity contribution in [1.82, 2.24) is 14.9 Å². The van der Waals surface area contributed by atoms with Crippen molar-refractivity contribution in [2.24, 2.45) is 0 Å². The fourth-order valence-corrected chi connectivity index (χ4v) is 4.08. The number of aromatic nitrogens is 2. The number of aryl methyl sites for hydroxylation is 1. The fourth-order valence-electron chi connectivity index (χ4n) is 4.08. The third-order valence-electron chi connectivity index (χ3n) is 5.45. The Hall–Kier alpha value is -3.02. The number of fused-ring (bicyclic) bond motifs is 2. The standard InChI is InChI=1S/C23H27N3O3/c1-5-28-21-12-16-9-10-26(14(3)18(16)13-22(21)29-6-2)23(27)17-7-8-19-20(11-17)25-15(4)24-19/h7-8,11-14H,5-6,9-10H2,1-4H3,(H,24,25). The van der Waals surface area contributed by atoms with Gasteiger partial charge in [0.2, 0.25) is 0 Å². The van der Waals surface area contributed by atoms with Crippen LogP contribution in [0.2, 0.25) is 0 Å². The Morgan fingerprint density at radius 3 is 2.62 bits per heavy atom. The number of nitrogens with one attached hydrogen (secondary N) is 1. The topological polar surface area (TPSA) is 67.5 Å². The molecule has 1 amide bonds. The van der Waals surface area contributed by atoms with E-state index in [1.165, 1.54) is 5.56 Å². The number of ether oxygens (including phenoxy) is 2. The van der Waals surface area contributed by atoms with Crippen LogP contribution < -0.4 is 9.47 Å². The highest BCUT2D eigenvalue weighted by atomic mass is 16.5. The van der Waals surface area contributed by atoms with E-state index < -0.39 is 0 Å². The highest BCUT2D eigenvalue weighted by Gasteiger charge is 2.30. The molecule has 0 radical (unpaired) electrons. The average Bonchev–Trinajstić information content (AvgIpc) is 3.08. The lowest BCUT2D eigenvalue weighted by atomic mass is 9.92. The van der Waals surface area contributed by atoms with Crippen molar-refractivity contribution < 1.29 is 14.3 Å². The highest BCUT2D eigenvalue weighted by Crippen LogP contribution is 2.38. The van der Waals surface area contributed by atoms with Crippen molar-refractivity contribution in [3.05, 3.63) is 52.8 Å². The Balaban J connectivity index is 1.65. The van der Waals surface area contributed by atoms with E-state index in [9.17, 15) is 4.79 Å². The van der Waals surface area contributed by atoms with Crippen molar-refractivity contribution in [3.63, 3.8) is 0 Å². The average molecular weight is 393 g/mol. The van der Waals surface area contributed by atoms with Crippen LogP contribution in [0.4, 0.5) is 0 Å². The Kier molecular flexibility index (Phi) is 5.18. The lowest BCUT2D eigenvalue weighted by Crippen LogP contribution is -2.38. The number of nitrogens with zero attached hydrogens (tertiary/aromatic N) is 2. The SMILES string of the molecule is CCOc1cc2c(cc1OCC)C(C)N(C(=O)c1ccc3nc(C)[nH]c3c1)CC2. The molecule has 1 aromatic heterocycles. The zero-order chi connectivity index (χ0) is 20.5. The van der Waals surface area contributed by atoms with Crippen LogP contribution in [0.15, 0.2) is 30.3 Å². The van der Waals surface area contributed by atoms with E-state index in [-0.39, 0.29) is 11.9 Å². The summed E-state index contributed by atoms with van der Waals surface area (Å²) in [5.74, 6) is 2.39. The molecule has 4 rings (SSSR count). The normalized spacial score (nSPS) is 16.0. The second-order valence-corrected chi connectivity index (χ2v) is 7.34. The number of carbonyl (C=O) groups is 1. The molecule has 0 aliphatic carbocycles. The molecule has 2 heterocycles. The van der Waals surface area contributed by atoms with Gasteiger partial charge in [-0.25, -0.2) is 4.98 Å². The second-order valence-electron chi connectivity index (χ2n) is 7.34. The number of hydrogen-bond acceptors (Lipinski definition) is 4. The molecule has 0 saturated carbocycles. The lowest BCUT2D eigenvalue weighted by Gasteiger charge is -2.36. The quantitative estimate of drug-likeness (QED) is 0.696. The predicted octanol–water partition coefficient (Wildman–Crippen LogP) is 4.43. The van der Waals surface area contributed by atoms with Crippen molar-refractivity contribution in [1.29, 1.82) is 0 Å². The summed E-state index contributed by atoms with van der Waals surface area (Å²) in [5.41, 5.74) is 4.77. The molecule has 0 fully saturated rings. The summed E-state index contributed by atoms with van der Waals surface area (Å²) in [7, 11) is 0. The summed E-state index contributed by atoms with van der Waals surface area (Å²) in [5, 5.41) is 0. The highest BCUT2D eigenvalue weighted by molar-refractivity contribution is 5.97. The molecule has 152 valence electrons. The molecule has 29 heavy (non-hydrogen) atoms. The minimum absolute atomic E-state index is 0.0316. The van der Waals surface area contributed by atoms with E-state index >= 15 is 0 Å². The minimum atomic E-state index is -0.0414. The maximum Gasteiger partial charge on any atom is 0.254 e. The first-order valence-corrected chi connectivity index (χ1v) is 10.2. The predicted molar refractivity (Wildman–Crippen MR) is 113 cm³/mol. The molecule has 0 saturated heterocycles. The Bertz CT molecular complexity index is 1060. The summed E-state index contributed by atoms with van der Waals surface area (Å²) in [6.45, 7) is 9.75. The molecular formula is C23H27N3O3. The number of benzene rings is 2. The van der Waals surface area contributed by atoms with Crippen molar-refractivity contribution in [2.75, 3.05) is 19.8 Å². The molecule has 3 aromatic rings. The molecular weight excluding hydrogens is 366 g/mol. The van der Waals surface area contributed by atoms with Crippen LogP contribution in [0.1, 0.15) is 54.1 Å². The molecule has 1 N–H and O–H groups in total. The van der Waals surface area contributed by atoms with E-state index in [2.05, 4.69) is 23.0 Å². The van der Waals surface area contributed by atoms with Crippen LogP contribution >= 0.6 is 0 Å². The van der Waals surface area contributed by atoms with Crippen molar-refractivity contribution >= 4 is 16.9 Å². The van der Waals surface area contributed by atoms with Gasteiger partial charge in [-0.2, -0.15) is 0 Å². The Labute approximate surface area is 170 Å². The first kappa shape index (κ1) is 19.3. The molecule has 1 aliphatic rings. The molecule has 0 spiro atoms. The number of hydrogen-bond donors (Lipinski definition) is 1. The van der Waals surface area contributed by atoms with Crippen LogP contribution in [0.3, 0.4) is 0 Å². The zero-order valence-electron chi connectivity index (χ0n) is 17.4. The monoisotopic (exact) mass is 393 g/mol. The minimum Gasteiger partial charge on any atom is -0.490 e. The van der Waals surface area contributed by atoms with E-state index in [1.54, 1.807) is 0 Å². The van der Waals surface area contributed by atoms with Gasteiger partial charge in [-0.1, -0.05) is 0 Å². The third-order valence-corrected chi connectivity index (χ3v) is 5.45. The molecule has 1 unspecified atom stereocenters. The summed E-state index contributed by atoms with van der Waals surface area (Å²) in [6.07, 6.45) is 0.795. The van der Waals surface area contributed by atoms with Gasteiger partial charge in [-0.15, -0.1) is 0 Å². The summed E-state index contributed by atoms with van der Waals surface area (Å²) in [6, 6.07) is 9.72. The zero-order valence-corrected chi connectivity index (χ0v) is 17.4. The third kappa shape index (κ3) is 3.55. The van der Waals surface area contributed by atoms with E-state index in [0.717, 1.165) is 40.3 Å². The van der Waals surface area contributed by atoms with Crippen LogP contribution in [0.5, 0.6) is 11.5 Å². The number of imidazole rings is 1. The van der Waals surface area contributed by atoms with Gasteiger partial charge in [0.15, 0.2) is 11.5 Å². The van der Waals surface area contributed by atoms with Gasteiger partial charge >= 0.3 is 0 Å². The Morgan fingerprint density at radius 2 is 1.90 bits per heavy atom. The molecule has 0 bridgehead atoms. The van der Waals surface area contributed by atoms with Crippen molar-refractivity contribution in [3.8, 4) is 11.5 Å².